The molecule has 2 aliphatic carbocycles. The third-order valence-electron chi connectivity index (χ3n) is 10.1. The summed E-state index contributed by atoms with van der Waals surface area (Å²) < 4.78 is 107. The second-order valence-electron chi connectivity index (χ2n) is 13.9. The summed E-state index contributed by atoms with van der Waals surface area (Å²) in [6.45, 7) is 0.585. The molecule has 1 amide bonds. The van der Waals surface area contributed by atoms with Gasteiger partial charge in [0.05, 0.1) is 18.9 Å². The lowest BCUT2D eigenvalue weighted by atomic mass is 9.85. The molecular weight excluding hydrogens is 711 g/mol. The zero-order valence-electron chi connectivity index (χ0n) is 27.8. The number of hydrogen-bond acceptors (Lipinski definition) is 7. The van der Waals surface area contributed by atoms with Gasteiger partial charge in [0, 0.05) is 46.7 Å². The molecule has 2 aromatic heterocycles. The van der Waals surface area contributed by atoms with Gasteiger partial charge in [0.15, 0.2) is 17.1 Å². The third-order valence-corrected chi connectivity index (χ3v) is 10.1. The number of Topliss-reactive ketones (excluding diaryl/α,β-unsaturated/α-hetero) is 1. The summed E-state index contributed by atoms with van der Waals surface area (Å²) >= 11 is 0. The molecule has 9 nitrogen and oxygen atoms in total. The number of ether oxygens (including phenoxy) is 1. The van der Waals surface area contributed by atoms with Gasteiger partial charge >= 0.3 is 6.18 Å². The molecule has 3 aliphatic heterocycles. The zero-order valence-corrected chi connectivity index (χ0v) is 27.8. The summed E-state index contributed by atoms with van der Waals surface area (Å²) in [4.78, 5) is 37.0. The van der Waals surface area contributed by atoms with Crippen molar-refractivity contribution in [2.45, 2.75) is 62.3 Å². The van der Waals surface area contributed by atoms with Crippen molar-refractivity contribution in [3.05, 3.63) is 99.3 Å². The second-order valence-corrected chi connectivity index (χ2v) is 13.9. The number of halogens is 7. The number of pyridine rings is 1. The molecule has 0 radical (unpaired) electrons. The average Bonchev–Trinajstić information content (AvgIpc) is 3.56. The maximum absolute atomic E-state index is 15.3. The van der Waals surface area contributed by atoms with Gasteiger partial charge in [-0.05, 0) is 73.6 Å². The third kappa shape index (κ3) is 6.15. The molecule has 0 unspecified atom stereocenters. The molecule has 8 rings (SSSR count). The van der Waals surface area contributed by atoms with E-state index in [-0.39, 0.29) is 55.5 Å². The number of benzene rings is 1. The number of allylic oxidation sites excluding steroid dienone is 3. The van der Waals surface area contributed by atoms with Crippen molar-refractivity contribution >= 4 is 23.1 Å². The van der Waals surface area contributed by atoms with Crippen LogP contribution < -0.4 is 0 Å². The van der Waals surface area contributed by atoms with E-state index >= 15 is 8.78 Å². The number of nitrogens with zero attached hydrogens (tertiary/aromatic N) is 5. The largest absolute Gasteiger partial charge is 0.435 e. The minimum atomic E-state index is -5.03. The number of aliphatic hydroxyl groups is 1. The van der Waals surface area contributed by atoms with E-state index in [0.717, 1.165) is 12.1 Å². The van der Waals surface area contributed by atoms with E-state index in [0.29, 0.717) is 33.4 Å². The Bertz CT molecular complexity index is 2240. The number of aliphatic imine (C=N–C) groups is 1. The van der Waals surface area contributed by atoms with Gasteiger partial charge < -0.3 is 9.84 Å². The molecule has 2 fully saturated rings. The lowest BCUT2D eigenvalue weighted by Gasteiger charge is -2.30. The highest BCUT2D eigenvalue weighted by molar-refractivity contribution is 6.14. The van der Waals surface area contributed by atoms with Crippen molar-refractivity contribution < 1.29 is 50.2 Å². The Kier molecular flexibility index (Phi) is 8.04. The number of amides is 1. The predicted octanol–water partition coefficient (Wildman–Crippen LogP) is 5.42. The van der Waals surface area contributed by atoms with Gasteiger partial charge in [0.25, 0.3) is 11.8 Å². The van der Waals surface area contributed by atoms with Crippen LogP contribution >= 0.6 is 0 Å². The average molecular weight is 740 g/mol. The van der Waals surface area contributed by atoms with Gasteiger partial charge in [-0.15, -0.1) is 0 Å². The highest BCUT2D eigenvalue weighted by Gasteiger charge is 2.68. The van der Waals surface area contributed by atoms with E-state index in [1.807, 2.05) is 0 Å². The fraction of sp³-hybridized carbons (Fsp3) is 0.378. The number of alkyl halides is 5. The predicted molar refractivity (Wildman–Crippen MR) is 172 cm³/mol. The standard InChI is InChI=1S/C37H28F7N5O4/c1-18-25(4-5-29-45-14-30(51)49(18)29)26-3-2-23(6-7-35(52)16-53-17-35)46-32(26)20(8-19-9-21(38)12-22(39)10-19)11-24(50)15-48-34-31(33(47-48)37(42,43)44)27-13-28(27)36(34,40)41/h2-5,9-10,12,20,27-28,52H,8,11,13-17H2,1H3/t20-,27+,28-/m1/s1. The maximum Gasteiger partial charge on any atom is 0.435 e. The fourth-order valence-electron chi connectivity index (χ4n) is 7.60. The summed E-state index contributed by atoms with van der Waals surface area (Å²) in [5.41, 5.74) is -2.68. The van der Waals surface area contributed by atoms with Gasteiger partial charge in [-0.25, -0.2) is 13.8 Å². The molecule has 5 heterocycles. The smallest absolute Gasteiger partial charge is 0.373 e. The van der Waals surface area contributed by atoms with Crippen LogP contribution in [-0.4, -0.2) is 67.7 Å². The molecule has 0 spiro atoms. The van der Waals surface area contributed by atoms with Crippen LogP contribution in [0.2, 0.25) is 0 Å². The lowest BCUT2D eigenvalue weighted by Crippen LogP contribution is -2.48. The molecule has 53 heavy (non-hydrogen) atoms. The van der Waals surface area contributed by atoms with E-state index < -0.39 is 82.8 Å². The lowest BCUT2D eigenvalue weighted by molar-refractivity contribution is -0.142. The Hall–Kier alpha value is -5.14. The van der Waals surface area contributed by atoms with Crippen molar-refractivity contribution in [1.29, 1.82) is 0 Å². The van der Waals surface area contributed by atoms with Gasteiger partial charge in [0.1, 0.15) is 41.9 Å². The summed E-state index contributed by atoms with van der Waals surface area (Å²) in [7, 11) is 0. The highest BCUT2D eigenvalue weighted by Crippen LogP contribution is 2.68. The first-order valence-electron chi connectivity index (χ1n) is 16.7. The quantitative estimate of drug-likeness (QED) is 0.244. The Labute approximate surface area is 296 Å². The Balaban J connectivity index is 1.22. The minimum absolute atomic E-state index is 0.0362. The van der Waals surface area contributed by atoms with Gasteiger partial charge in [0.2, 0.25) is 0 Å². The number of carbonyl (C=O) groups excluding carboxylic acids is 2. The summed E-state index contributed by atoms with van der Waals surface area (Å²) in [5.74, 6) is -4.03. The number of aromatic nitrogens is 3. The second kappa shape index (κ2) is 12.2. The van der Waals surface area contributed by atoms with Crippen LogP contribution in [-0.2, 0) is 39.4 Å². The minimum Gasteiger partial charge on any atom is -0.373 e. The fourth-order valence-corrected chi connectivity index (χ4v) is 7.60. The van der Waals surface area contributed by atoms with E-state index in [2.05, 4.69) is 21.9 Å². The highest BCUT2D eigenvalue weighted by atomic mass is 19.4. The van der Waals surface area contributed by atoms with E-state index in [1.165, 1.54) is 11.0 Å². The summed E-state index contributed by atoms with van der Waals surface area (Å²) in [6.07, 6.45) is -2.62. The molecule has 16 heteroatoms. The first kappa shape index (κ1) is 34.9. The number of hydrogen-bond donors (Lipinski definition) is 1. The first-order valence-corrected chi connectivity index (χ1v) is 16.7. The number of rotatable bonds is 8. The SMILES string of the molecule is CC1=C(c2ccc(C#CC3(O)COC3)nc2[C@@H](CC(=O)Cn2nc(C(F)(F)F)c3c2C(F)(F)[C@@H]2C[C@H]32)Cc2cc(F)cc(F)c2)C=CC2=NCC(=O)N21. The number of ketones is 1. The van der Waals surface area contributed by atoms with Crippen LogP contribution in [0.15, 0.2) is 53.2 Å². The molecule has 0 bridgehead atoms. The van der Waals surface area contributed by atoms with Crippen LogP contribution in [0.4, 0.5) is 30.7 Å². The molecular formula is C37H28F7N5O4. The molecule has 3 aromatic rings. The van der Waals surface area contributed by atoms with E-state index in [1.54, 1.807) is 25.1 Å². The number of carbonyl (C=O) groups is 2. The van der Waals surface area contributed by atoms with Crippen LogP contribution in [0.1, 0.15) is 71.1 Å². The van der Waals surface area contributed by atoms with Crippen LogP contribution in [0.5, 0.6) is 0 Å². The molecule has 1 aromatic carbocycles. The topological polar surface area (TPSA) is 110 Å². The molecule has 3 atom stereocenters. The van der Waals surface area contributed by atoms with Crippen molar-refractivity contribution in [3.8, 4) is 11.8 Å². The van der Waals surface area contributed by atoms with E-state index in [4.69, 9.17) is 9.72 Å². The van der Waals surface area contributed by atoms with Crippen LogP contribution in [0.3, 0.4) is 0 Å². The zero-order chi connectivity index (χ0) is 37.6. The summed E-state index contributed by atoms with van der Waals surface area (Å²) in [5, 5.41) is 14.0. The van der Waals surface area contributed by atoms with Gasteiger partial charge in [-0.3, -0.25) is 24.2 Å². The number of fused-ring (bicyclic) bond motifs is 4. The van der Waals surface area contributed by atoms with Crippen LogP contribution in [0.25, 0.3) is 5.57 Å². The van der Waals surface area contributed by atoms with Crippen molar-refractivity contribution in [2.24, 2.45) is 10.9 Å². The maximum atomic E-state index is 15.3. The molecule has 274 valence electrons. The molecule has 5 aliphatic rings. The molecule has 1 N–H and O–H groups in total. The van der Waals surface area contributed by atoms with E-state index in [9.17, 15) is 36.6 Å². The van der Waals surface area contributed by atoms with Crippen molar-refractivity contribution in [2.75, 3.05) is 19.8 Å². The molecule has 1 saturated carbocycles. The van der Waals surface area contributed by atoms with Crippen molar-refractivity contribution in [3.63, 3.8) is 0 Å². The van der Waals surface area contributed by atoms with Gasteiger partial charge in [-0.1, -0.05) is 5.92 Å². The Morgan fingerprint density at radius 2 is 1.87 bits per heavy atom. The molecule has 1 saturated heterocycles. The Morgan fingerprint density at radius 1 is 1.13 bits per heavy atom. The van der Waals surface area contributed by atoms with Crippen LogP contribution in [0, 0.1) is 29.4 Å². The van der Waals surface area contributed by atoms with Crippen molar-refractivity contribution in [1.82, 2.24) is 19.7 Å². The Morgan fingerprint density at radius 3 is 2.55 bits per heavy atom. The normalized spacial score (nSPS) is 22.4. The monoisotopic (exact) mass is 739 g/mol. The first-order chi connectivity index (χ1) is 25.0. The number of amidine groups is 1. The summed E-state index contributed by atoms with van der Waals surface area (Å²) in [6, 6.07) is 5.92. The van der Waals surface area contributed by atoms with Gasteiger partial charge in [-0.2, -0.15) is 27.1 Å².